The fraction of sp³-hybridized carbons (Fsp3) is 0.556. The lowest BCUT2D eigenvalue weighted by Gasteiger charge is -2.33. The molecule has 4 heteroatoms. The largest absolute Gasteiger partial charge is 0.354 e. The van der Waals surface area contributed by atoms with Crippen molar-refractivity contribution in [3.63, 3.8) is 0 Å². The Bertz CT molecular complexity index is 293. The summed E-state index contributed by atoms with van der Waals surface area (Å²) in [6, 6.07) is 0. The molecule has 0 aliphatic carbocycles. The highest BCUT2D eigenvalue weighted by Crippen LogP contribution is 2.23. The maximum absolute atomic E-state index is 4.25. The SMILES string of the molecule is CN(c1ncncc1I)C(C)(C)C. The number of hydrogen-bond acceptors (Lipinski definition) is 3. The number of anilines is 1. The van der Waals surface area contributed by atoms with Gasteiger partial charge in [-0.2, -0.15) is 0 Å². The molecule has 0 bridgehead atoms. The fourth-order valence-corrected chi connectivity index (χ4v) is 1.53. The van der Waals surface area contributed by atoms with Gasteiger partial charge in [0.25, 0.3) is 0 Å². The predicted octanol–water partition coefficient (Wildman–Crippen LogP) is 2.32. The van der Waals surface area contributed by atoms with Gasteiger partial charge < -0.3 is 4.90 Å². The molecule has 0 aromatic carbocycles. The molecule has 1 aromatic heterocycles. The maximum atomic E-state index is 4.25. The van der Waals surface area contributed by atoms with Crippen molar-refractivity contribution in [1.29, 1.82) is 0 Å². The first kappa shape index (κ1) is 10.7. The van der Waals surface area contributed by atoms with Gasteiger partial charge in [0.2, 0.25) is 0 Å². The summed E-state index contributed by atoms with van der Waals surface area (Å²) in [4.78, 5) is 10.4. The molecule has 1 heterocycles. The molecule has 0 saturated heterocycles. The topological polar surface area (TPSA) is 29.0 Å². The summed E-state index contributed by atoms with van der Waals surface area (Å²) in [5.74, 6) is 0.989. The van der Waals surface area contributed by atoms with Gasteiger partial charge in [-0.3, -0.25) is 0 Å². The third-order valence-corrected chi connectivity index (χ3v) is 2.73. The van der Waals surface area contributed by atoms with E-state index in [2.05, 4.69) is 58.2 Å². The number of aromatic nitrogens is 2. The highest BCUT2D eigenvalue weighted by molar-refractivity contribution is 14.1. The molecule has 0 aliphatic heterocycles. The Balaban J connectivity index is 3.02. The van der Waals surface area contributed by atoms with Crippen LogP contribution in [-0.4, -0.2) is 22.6 Å². The maximum Gasteiger partial charge on any atom is 0.145 e. The first-order chi connectivity index (χ1) is 5.93. The van der Waals surface area contributed by atoms with Gasteiger partial charge in [0.05, 0.1) is 3.57 Å². The van der Waals surface area contributed by atoms with Gasteiger partial charge in [-0.25, -0.2) is 9.97 Å². The molecule has 3 nitrogen and oxygen atoms in total. The summed E-state index contributed by atoms with van der Waals surface area (Å²) in [6.45, 7) is 6.47. The van der Waals surface area contributed by atoms with Crippen molar-refractivity contribution in [3.8, 4) is 0 Å². The zero-order valence-electron chi connectivity index (χ0n) is 8.37. The van der Waals surface area contributed by atoms with Crippen LogP contribution in [0.5, 0.6) is 0 Å². The number of rotatable bonds is 1. The van der Waals surface area contributed by atoms with Gasteiger partial charge >= 0.3 is 0 Å². The van der Waals surface area contributed by atoms with E-state index in [0.29, 0.717) is 0 Å². The van der Waals surface area contributed by atoms with E-state index in [0.717, 1.165) is 9.39 Å². The Hall–Kier alpha value is -0.390. The molecular formula is C9H14IN3. The molecule has 1 rings (SSSR count). The highest BCUT2D eigenvalue weighted by Gasteiger charge is 2.20. The van der Waals surface area contributed by atoms with Crippen molar-refractivity contribution < 1.29 is 0 Å². The van der Waals surface area contributed by atoms with Crippen LogP contribution in [0, 0.1) is 3.57 Å². The molecule has 0 unspecified atom stereocenters. The second-order valence-electron chi connectivity index (χ2n) is 3.92. The number of nitrogens with zero attached hydrogens (tertiary/aromatic N) is 3. The summed E-state index contributed by atoms with van der Waals surface area (Å²) < 4.78 is 1.08. The van der Waals surface area contributed by atoms with Crippen LogP contribution in [0.1, 0.15) is 20.8 Å². The molecule has 0 atom stereocenters. The molecule has 13 heavy (non-hydrogen) atoms. The molecule has 0 radical (unpaired) electrons. The van der Waals surface area contributed by atoms with E-state index >= 15 is 0 Å². The van der Waals surface area contributed by atoms with E-state index < -0.39 is 0 Å². The van der Waals surface area contributed by atoms with Crippen LogP contribution in [0.15, 0.2) is 12.5 Å². The van der Waals surface area contributed by atoms with Crippen LogP contribution < -0.4 is 4.90 Å². The summed E-state index contributed by atoms with van der Waals surface area (Å²) in [7, 11) is 2.05. The number of halogens is 1. The lowest BCUT2D eigenvalue weighted by Crippen LogP contribution is -2.39. The third kappa shape index (κ3) is 2.52. The van der Waals surface area contributed by atoms with Crippen LogP contribution in [0.4, 0.5) is 5.82 Å². The van der Waals surface area contributed by atoms with Gasteiger partial charge in [-0.1, -0.05) is 0 Å². The Morgan fingerprint density at radius 3 is 2.46 bits per heavy atom. The first-order valence-corrected chi connectivity index (χ1v) is 5.20. The summed E-state index contributed by atoms with van der Waals surface area (Å²) >= 11 is 2.25. The standard InChI is InChI=1S/C9H14IN3/c1-9(2,3)13(4)8-7(10)5-11-6-12-8/h5-6H,1-4H3. The molecule has 0 N–H and O–H groups in total. The molecule has 0 saturated carbocycles. The molecule has 0 spiro atoms. The Morgan fingerprint density at radius 2 is 2.00 bits per heavy atom. The van der Waals surface area contributed by atoms with E-state index in [-0.39, 0.29) is 5.54 Å². The molecule has 0 amide bonds. The minimum atomic E-state index is 0.0915. The van der Waals surface area contributed by atoms with Gasteiger partial charge in [0.15, 0.2) is 0 Å². The predicted molar refractivity (Wildman–Crippen MR) is 62.9 cm³/mol. The zero-order valence-corrected chi connectivity index (χ0v) is 10.5. The lowest BCUT2D eigenvalue weighted by atomic mass is 10.1. The summed E-state index contributed by atoms with van der Waals surface area (Å²) in [5, 5.41) is 0. The van der Waals surface area contributed by atoms with Crippen molar-refractivity contribution in [2.24, 2.45) is 0 Å². The minimum absolute atomic E-state index is 0.0915. The summed E-state index contributed by atoms with van der Waals surface area (Å²) in [6.07, 6.45) is 3.41. The van der Waals surface area contributed by atoms with Crippen LogP contribution >= 0.6 is 22.6 Å². The highest BCUT2D eigenvalue weighted by atomic mass is 127. The lowest BCUT2D eigenvalue weighted by molar-refractivity contribution is 0.532. The normalized spacial score (nSPS) is 11.5. The third-order valence-electron chi connectivity index (χ3n) is 1.97. The van der Waals surface area contributed by atoms with Gasteiger partial charge in [-0.05, 0) is 43.4 Å². The van der Waals surface area contributed by atoms with Crippen LogP contribution in [0.25, 0.3) is 0 Å². The Labute approximate surface area is 92.7 Å². The van der Waals surface area contributed by atoms with Crippen molar-refractivity contribution >= 4 is 28.4 Å². The van der Waals surface area contributed by atoms with Gasteiger partial charge in [0.1, 0.15) is 12.1 Å². The molecule has 0 aliphatic rings. The van der Waals surface area contributed by atoms with Crippen molar-refractivity contribution in [2.75, 3.05) is 11.9 Å². The van der Waals surface area contributed by atoms with Crippen molar-refractivity contribution in [2.45, 2.75) is 26.3 Å². The van der Waals surface area contributed by atoms with E-state index in [1.165, 1.54) is 0 Å². The Kier molecular flexibility index (Phi) is 3.10. The smallest absolute Gasteiger partial charge is 0.145 e. The van der Waals surface area contributed by atoms with E-state index in [1.54, 1.807) is 6.33 Å². The average Bonchev–Trinajstić information content (AvgIpc) is 2.02. The second kappa shape index (κ2) is 3.77. The molecule has 1 aromatic rings. The van der Waals surface area contributed by atoms with Crippen LogP contribution in [0.2, 0.25) is 0 Å². The van der Waals surface area contributed by atoms with Gasteiger partial charge in [-0.15, -0.1) is 0 Å². The fourth-order valence-electron chi connectivity index (χ4n) is 0.871. The quantitative estimate of drug-likeness (QED) is 0.744. The molecule has 72 valence electrons. The molecule has 0 fully saturated rings. The first-order valence-electron chi connectivity index (χ1n) is 4.12. The van der Waals surface area contributed by atoms with E-state index in [1.807, 2.05) is 13.2 Å². The number of hydrogen-bond donors (Lipinski definition) is 0. The summed E-state index contributed by atoms with van der Waals surface area (Å²) in [5.41, 5.74) is 0.0915. The van der Waals surface area contributed by atoms with Gasteiger partial charge in [0, 0.05) is 18.8 Å². The average molecular weight is 291 g/mol. The zero-order chi connectivity index (χ0) is 10.1. The van der Waals surface area contributed by atoms with E-state index in [4.69, 9.17) is 0 Å². The van der Waals surface area contributed by atoms with Crippen LogP contribution in [0.3, 0.4) is 0 Å². The van der Waals surface area contributed by atoms with Crippen molar-refractivity contribution in [3.05, 3.63) is 16.1 Å². The minimum Gasteiger partial charge on any atom is -0.354 e. The Morgan fingerprint density at radius 1 is 1.38 bits per heavy atom. The van der Waals surface area contributed by atoms with Crippen LogP contribution in [-0.2, 0) is 0 Å². The second-order valence-corrected chi connectivity index (χ2v) is 5.09. The van der Waals surface area contributed by atoms with E-state index in [9.17, 15) is 0 Å². The molecular weight excluding hydrogens is 277 g/mol. The van der Waals surface area contributed by atoms with Crippen molar-refractivity contribution in [1.82, 2.24) is 9.97 Å². The monoisotopic (exact) mass is 291 g/mol.